The normalized spacial score (nSPS) is 20.5. The Labute approximate surface area is 140 Å². The monoisotopic (exact) mass is 327 g/mol. The smallest absolute Gasteiger partial charge is 0.314 e. The first kappa shape index (κ1) is 15.0. The first-order valence-electron chi connectivity index (χ1n) is 8.58. The third kappa shape index (κ3) is 2.83. The second kappa shape index (κ2) is 6.54. The zero-order valence-electron chi connectivity index (χ0n) is 13.6. The van der Waals surface area contributed by atoms with Crippen molar-refractivity contribution in [1.82, 2.24) is 29.6 Å². The van der Waals surface area contributed by atoms with Crippen LogP contribution in [0.25, 0.3) is 0 Å². The van der Waals surface area contributed by atoms with Crippen LogP contribution in [0.5, 0.6) is 0 Å². The number of nitrogens with zero attached hydrogens (tertiary/aromatic N) is 6. The van der Waals surface area contributed by atoms with Gasteiger partial charge in [-0.05, 0) is 38.2 Å². The zero-order chi connectivity index (χ0) is 16.4. The van der Waals surface area contributed by atoms with Crippen molar-refractivity contribution in [3.05, 3.63) is 30.2 Å². The summed E-state index contributed by atoms with van der Waals surface area (Å²) in [5, 5.41) is 11.6. The molecule has 0 saturated carbocycles. The number of fused-ring (bicyclic) bond motifs is 1. The Morgan fingerprint density at radius 3 is 2.96 bits per heavy atom. The molecule has 4 rings (SSSR count). The highest BCUT2D eigenvalue weighted by molar-refractivity contribution is 5.88. The Hall–Kier alpha value is -2.51. The fourth-order valence-electron chi connectivity index (χ4n) is 3.57. The lowest BCUT2D eigenvalue weighted by Gasteiger charge is -2.35. The lowest BCUT2D eigenvalue weighted by molar-refractivity contribution is 0.156. The number of likely N-dealkylation sites (tertiary alicyclic amines) is 1. The van der Waals surface area contributed by atoms with Gasteiger partial charge in [0.05, 0.1) is 6.04 Å². The van der Waals surface area contributed by atoms with Crippen molar-refractivity contribution < 1.29 is 4.79 Å². The van der Waals surface area contributed by atoms with Crippen LogP contribution in [0.1, 0.15) is 49.8 Å². The first-order valence-corrected chi connectivity index (χ1v) is 8.58. The SMILES string of the molecule is O=C(Nc1ccncn1)N1CCCCC1c1nnc2n1CCCC2. The van der Waals surface area contributed by atoms with Gasteiger partial charge in [-0.15, -0.1) is 10.2 Å². The molecule has 0 aliphatic carbocycles. The van der Waals surface area contributed by atoms with Crippen LogP contribution in [0.2, 0.25) is 0 Å². The molecule has 0 spiro atoms. The molecule has 4 heterocycles. The number of amides is 2. The number of aromatic nitrogens is 5. The fraction of sp³-hybridized carbons (Fsp3) is 0.562. The number of carbonyl (C=O) groups excluding carboxylic acids is 1. The summed E-state index contributed by atoms with van der Waals surface area (Å²) in [6.45, 7) is 1.68. The van der Waals surface area contributed by atoms with E-state index >= 15 is 0 Å². The summed E-state index contributed by atoms with van der Waals surface area (Å²) in [6, 6.07) is 1.54. The van der Waals surface area contributed by atoms with E-state index in [-0.39, 0.29) is 12.1 Å². The maximum atomic E-state index is 12.7. The van der Waals surface area contributed by atoms with Crippen molar-refractivity contribution in [2.75, 3.05) is 11.9 Å². The summed E-state index contributed by atoms with van der Waals surface area (Å²) in [4.78, 5) is 22.6. The average molecular weight is 327 g/mol. The van der Waals surface area contributed by atoms with E-state index in [0.29, 0.717) is 5.82 Å². The topological polar surface area (TPSA) is 88.8 Å². The summed E-state index contributed by atoms with van der Waals surface area (Å²) in [5.41, 5.74) is 0. The molecule has 0 radical (unpaired) electrons. The fourth-order valence-corrected chi connectivity index (χ4v) is 3.57. The standard InChI is InChI=1S/C16H21N7O/c24-16(19-13-7-8-17-11-18-13)22-9-3-1-5-12(22)15-21-20-14-6-2-4-10-23(14)15/h7-8,11-12H,1-6,9-10H2,(H,17,18,19,24). The van der Waals surface area contributed by atoms with Gasteiger partial charge in [0.25, 0.3) is 0 Å². The molecule has 1 fully saturated rings. The minimum absolute atomic E-state index is 0.0139. The molecule has 1 atom stereocenters. The molecule has 0 bridgehead atoms. The van der Waals surface area contributed by atoms with Gasteiger partial charge < -0.3 is 9.47 Å². The lowest BCUT2D eigenvalue weighted by Crippen LogP contribution is -2.42. The van der Waals surface area contributed by atoms with Crippen molar-refractivity contribution in [3.8, 4) is 0 Å². The number of anilines is 1. The highest BCUT2D eigenvalue weighted by atomic mass is 16.2. The molecular weight excluding hydrogens is 306 g/mol. The molecular formula is C16H21N7O. The maximum absolute atomic E-state index is 12.7. The number of rotatable bonds is 2. The zero-order valence-corrected chi connectivity index (χ0v) is 13.6. The van der Waals surface area contributed by atoms with Gasteiger partial charge in [0.1, 0.15) is 18.0 Å². The van der Waals surface area contributed by atoms with E-state index in [9.17, 15) is 4.79 Å². The molecule has 8 heteroatoms. The van der Waals surface area contributed by atoms with Gasteiger partial charge in [-0.1, -0.05) is 0 Å². The first-order chi connectivity index (χ1) is 11.8. The van der Waals surface area contributed by atoms with Crippen LogP contribution in [0.15, 0.2) is 18.6 Å². The van der Waals surface area contributed by atoms with Crippen LogP contribution in [0, 0.1) is 0 Å². The Morgan fingerprint density at radius 1 is 1.17 bits per heavy atom. The molecule has 2 aliphatic rings. The summed E-state index contributed by atoms with van der Waals surface area (Å²) in [5.74, 6) is 2.50. The number of hydrogen-bond donors (Lipinski definition) is 1. The predicted octanol–water partition coefficient (Wildman–Crippen LogP) is 2.16. The van der Waals surface area contributed by atoms with E-state index in [1.54, 1.807) is 12.3 Å². The van der Waals surface area contributed by atoms with Gasteiger partial charge in [-0.3, -0.25) is 5.32 Å². The van der Waals surface area contributed by atoms with Gasteiger partial charge in [0.2, 0.25) is 0 Å². The van der Waals surface area contributed by atoms with E-state index in [1.165, 1.54) is 12.7 Å². The van der Waals surface area contributed by atoms with Crippen LogP contribution < -0.4 is 5.32 Å². The van der Waals surface area contributed by atoms with E-state index in [1.807, 2.05) is 4.90 Å². The molecule has 0 aromatic carbocycles. The minimum atomic E-state index is -0.133. The Kier molecular flexibility index (Phi) is 4.10. The molecule has 1 saturated heterocycles. The van der Waals surface area contributed by atoms with E-state index in [4.69, 9.17) is 0 Å². The molecule has 2 amide bonds. The highest BCUT2D eigenvalue weighted by Gasteiger charge is 2.33. The van der Waals surface area contributed by atoms with Crippen molar-refractivity contribution in [1.29, 1.82) is 0 Å². The van der Waals surface area contributed by atoms with Crippen LogP contribution >= 0.6 is 0 Å². The summed E-state index contributed by atoms with van der Waals surface area (Å²) >= 11 is 0. The maximum Gasteiger partial charge on any atom is 0.323 e. The van der Waals surface area contributed by atoms with Gasteiger partial charge >= 0.3 is 6.03 Å². The molecule has 2 aliphatic heterocycles. The molecule has 1 N–H and O–H groups in total. The summed E-state index contributed by atoms with van der Waals surface area (Å²) in [7, 11) is 0. The quantitative estimate of drug-likeness (QED) is 0.913. The number of urea groups is 1. The second-order valence-corrected chi connectivity index (χ2v) is 6.31. The molecule has 126 valence electrons. The van der Waals surface area contributed by atoms with Crippen molar-refractivity contribution in [2.45, 2.75) is 51.1 Å². The predicted molar refractivity (Wildman–Crippen MR) is 87.3 cm³/mol. The van der Waals surface area contributed by atoms with Gasteiger partial charge in [-0.2, -0.15) is 0 Å². The Morgan fingerprint density at radius 2 is 2.08 bits per heavy atom. The van der Waals surface area contributed by atoms with Crippen LogP contribution in [-0.4, -0.2) is 42.2 Å². The number of carbonyl (C=O) groups is 1. The van der Waals surface area contributed by atoms with Gasteiger partial charge in [0, 0.05) is 25.7 Å². The van der Waals surface area contributed by atoms with Gasteiger partial charge in [0.15, 0.2) is 5.82 Å². The van der Waals surface area contributed by atoms with Crippen molar-refractivity contribution in [3.63, 3.8) is 0 Å². The van der Waals surface area contributed by atoms with Crippen molar-refractivity contribution >= 4 is 11.8 Å². The largest absolute Gasteiger partial charge is 0.323 e. The minimum Gasteiger partial charge on any atom is -0.314 e. The Bertz CT molecular complexity index is 714. The Balaban J connectivity index is 1.57. The van der Waals surface area contributed by atoms with Crippen LogP contribution in [-0.2, 0) is 13.0 Å². The van der Waals surface area contributed by atoms with E-state index in [0.717, 1.165) is 56.8 Å². The number of aryl methyl sites for hydroxylation is 1. The van der Waals surface area contributed by atoms with Crippen LogP contribution in [0.4, 0.5) is 10.6 Å². The van der Waals surface area contributed by atoms with E-state index in [2.05, 4.69) is 30.0 Å². The lowest BCUT2D eigenvalue weighted by atomic mass is 10.0. The van der Waals surface area contributed by atoms with Gasteiger partial charge in [-0.25, -0.2) is 14.8 Å². The van der Waals surface area contributed by atoms with Crippen molar-refractivity contribution in [2.24, 2.45) is 0 Å². The molecule has 24 heavy (non-hydrogen) atoms. The third-order valence-electron chi connectivity index (χ3n) is 4.77. The average Bonchev–Trinajstić information content (AvgIpc) is 3.06. The van der Waals surface area contributed by atoms with Crippen LogP contribution in [0.3, 0.4) is 0 Å². The summed E-state index contributed by atoms with van der Waals surface area (Å²) in [6.07, 6.45) is 9.38. The molecule has 1 unspecified atom stereocenters. The number of piperidine rings is 1. The molecule has 2 aromatic heterocycles. The molecule has 8 nitrogen and oxygen atoms in total. The third-order valence-corrected chi connectivity index (χ3v) is 4.77. The van der Waals surface area contributed by atoms with E-state index < -0.39 is 0 Å². The number of hydrogen-bond acceptors (Lipinski definition) is 5. The highest BCUT2D eigenvalue weighted by Crippen LogP contribution is 2.32. The summed E-state index contributed by atoms with van der Waals surface area (Å²) < 4.78 is 2.21. The molecule has 2 aromatic rings. The second-order valence-electron chi connectivity index (χ2n) is 6.31. The number of nitrogens with one attached hydrogen (secondary N) is 1.